The van der Waals surface area contributed by atoms with Crippen molar-refractivity contribution < 1.29 is 9.53 Å². The summed E-state index contributed by atoms with van der Waals surface area (Å²) in [4.78, 5) is 17.2. The van der Waals surface area contributed by atoms with Crippen LogP contribution in [-0.2, 0) is 6.54 Å². The Bertz CT molecular complexity index is 644. The monoisotopic (exact) mass is 305 g/mol. The molecule has 1 amide bonds. The number of primary amides is 1. The van der Waals surface area contributed by atoms with E-state index in [1.54, 1.807) is 7.11 Å². The molecule has 0 atom stereocenters. The standard InChI is InChI=1S/C15H16ClN3O2/c1-19(9-10-3-5-12(21-2)6-4-10)15-13(16)7-11(8-18-15)14(17)20/h3-8H,9H2,1-2H3,(H2,17,20). The molecule has 0 bridgehead atoms. The van der Waals surface area contributed by atoms with Crippen LogP contribution in [0.3, 0.4) is 0 Å². The number of nitrogens with two attached hydrogens (primary N) is 1. The fraction of sp³-hybridized carbons (Fsp3) is 0.200. The zero-order chi connectivity index (χ0) is 15.4. The van der Waals surface area contributed by atoms with Crippen molar-refractivity contribution in [1.82, 2.24) is 4.98 Å². The molecule has 0 saturated heterocycles. The topological polar surface area (TPSA) is 68.4 Å². The van der Waals surface area contributed by atoms with E-state index in [1.165, 1.54) is 12.3 Å². The van der Waals surface area contributed by atoms with Crippen molar-refractivity contribution in [1.29, 1.82) is 0 Å². The summed E-state index contributed by atoms with van der Waals surface area (Å²) in [5.74, 6) is 0.856. The van der Waals surface area contributed by atoms with Crippen LogP contribution in [0.15, 0.2) is 36.5 Å². The predicted octanol–water partition coefficient (Wildman–Crippen LogP) is 2.48. The van der Waals surface area contributed by atoms with Crippen molar-refractivity contribution in [3.63, 3.8) is 0 Å². The van der Waals surface area contributed by atoms with Gasteiger partial charge in [-0.2, -0.15) is 0 Å². The van der Waals surface area contributed by atoms with Crippen LogP contribution in [0, 0.1) is 0 Å². The molecule has 110 valence electrons. The van der Waals surface area contributed by atoms with E-state index in [0.717, 1.165) is 11.3 Å². The van der Waals surface area contributed by atoms with Gasteiger partial charge in [-0.15, -0.1) is 0 Å². The molecule has 0 unspecified atom stereocenters. The molecule has 0 aliphatic carbocycles. The van der Waals surface area contributed by atoms with Gasteiger partial charge in [0.15, 0.2) is 0 Å². The number of methoxy groups -OCH3 is 1. The van der Waals surface area contributed by atoms with Crippen LogP contribution in [0.25, 0.3) is 0 Å². The molecular formula is C15H16ClN3O2. The Morgan fingerprint density at radius 2 is 2.05 bits per heavy atom. The van der Waals surface area contributed by atoms with Crippen LogP contribution < -0.4 is 15.4 Å². The number of carbonyl (C=O) groups excluding carboxylic acids is 1. The number of benzene rings is 1. The van der Waals surface area contributed by atoms with Crippen LogP contribution in [0.4, 0.5) is 5.82 Å². The molecule has 0 saturated carbocycles. The molecular weight excluding hydrogens is 290 g/mol. The quantitative estimate of drug-likeness (QED) is 0.921. The Hall–Kier alpha value is -2.27. The Kier molecular flexibility index (Phi) is 4.65. The van der Waals surface area contributed by atoms with Gasteiger partial charge in [0.2, 0.25) is 5.91 Å². The third-order valence-electron chi connectivity index (χ3n) is 3.05. The second-order valence-electron chi connectivity index (χ2n) is 4.60. The molecule has 0 fully saturated rings. The SMILES string of the molecule is COc1ccc(CN(C)c2ncc(C(N)=O)cc2Cl)cc1. The van der Waals surface area contributed by atoms with Crippen molar-refractivity contribution in [2.24, 2.45) is 5.73 Å². The summed E-state index contributed by atoms with van der Waals surface area (Å²) in [5, 5.41) is 0.391. The van der Waals surface area contributed by atoms with E-state index < -0.39 is 5.91 Å². The number of aromatic nitrogens is 1. The number of hydrogen-bond acceptors (Lipinski definition) is 4. The third-order valence-corrected chi connectivity index (χ3v) is 3.32. The Morgan fingerprint density at radius 3 is 2.57 bits per heavy atom. The minimum atomic E-state index is -0.547. The fourth-order valence-electron chi connectivity index (χ4n) is 1.93. The van der Waals surface area contributed by atoms with Crippen molar-refractivity contribution in [2.45, 2.75) is 6.54 Å². The molecule has 2 N–H and O–H groups in total. The van der Waals surface area contributed by atoms with Crippen LogP contribution in [0.5, 0.6) is 5.75 Å². The van der Waals surface area contributed by atoms with Crippen LogP contribution in [0.2, 0.25) is 5.02 Å². The number of hydrogen-bond donors (Lipinski definition) is 1. The molecule has 1 aromatic carbocycles. The lowest BCUT2D eigenvalue weighted by Crippen LogP contribution is -2.19. The average molecular weight is 306 g/mol. The van der Waals surface area contributed by atoms with E-state index >= 15 is 0 Å². The van der Waals surface area contributed by atoms with Crippen molar-refractivity contribution in [3.05, 3.63) is 52.7 Å². The first-order valence-corrected chi connectivity index (χ1v) is 6.68. The zero-order valence-corrected chi connectivity index (χ0v) is 12.6. The molecule has 0 aliphatic heterocycles. The molecule has 2 rings (SSSR count). The van der Waals surface area contributed by atoms with Gasteiger partial charge in [-0.05, 0) is 23.8 Å². The van der Waals surface area contributed by atoms with Gasteiger partial charge in [-0.3, -0.25) is 4.79 Å². The number of carbonyl (C=O) groups is 1. The molecule has 2 aromatic rings. The average Bonchev–Trinajstić information content (AvgIpc) is 2.47. The number of anilines is 1. The molecule has 21 heavy (non-hydrogen) atoms. The van der Waals surface area contributed by atoms with Gasteiger partial charge in [0.1, 0.15) is 11.6 Å². The summed E-state index contributed by atoms with van der Waals surface area (Å²) in [5.41, 5.74) is 6.58. The van der Waals surface area contributed by atoms with E-state index in [9.17, 15) is 4.79 Å². The minimum Gasteiger partial charge on any atom is -0.497 e. The van der Waals surface area contributed by atoms with E-state index in [0.29, 0.717) is 22.9 Å². The molecule has 1 aromatic heterocycles. The summed E-state index contributed by atoms with van der Waals surface area (Å²) in [6.45, 7) is 0.632. The highest BCUT2D eigenvalue weighted by molar-refractivity contribution is 6.33. The Labute approximate surface area is 128 Å². The fourth-order valence-corrected chi connectivity index (χ4v) is 2.24. The maximum atomic E-state index is 11.1. The number of rotatable bonds is 5. The first-order valence-electron chi connectivity index (χ1n) is 6.30. The number of halogens is 1. The smallest absolute Gasteiger partial charge is 0.250 e. The molecule has 0 radical (unpaired) electrons. The second kappa shape index (κ2) is 6.45. The summed E-state index contributed by atoms with van der Waals surface area (Å²) in [6.07, 6.45) is 1.42. The van der Waals surface area contributed by atoms with E-state index in [2.05, 4.69) is 4.98 Å². The largest absolute Gasteiger partial charge is 0.497 e. The van der Waals surface area contributed by atoms with Crippen LogP contribution in [-0.4, -0.2) is 25.0 Å². The predicted molar refractivity (Wildman–Crippen MR) is 82.9 cm³/mol. The minimum absolute atomic E-state index is 0.293. The highest BCUT2D eigenvalue weighted by atomic mass is 35.5. The normalized spacial score (nSPS) is 10.2. The van der Waals surface area contributed by atoms with Gasteiger partial charge >= 0.3 is 0 Å². The van der Waals surface area contributed by atoms with Gasteiger partial charge in [0.05, 0.1) is 17.7 Å². The van der Waals surface area contributed by atoms with Gasteiger partial charge < -0.3 is 15.4 Å². The van der Waals surface area contributed by atoms with E-state index in [4.69, 9.17) is 22.1 Å². The second-order valence-corrected chi connectivity index (χ2v) is 5.01. The van der Waals surface area contributed by atoms with Gasteiger partial charge in [-0.1, -0.05) is 23.7 Å². The Morgan fingerprint density at radius 1 is 1.38 bits per heavy atom. The number of nitrogens with zero attached hydrogens (tertiary/aromatic N) is 2. The maximum absolute atomic E-state index is 11.1. The summed E-state index contributed by atoms with van der Waals surface area (Å²) < 4.78 is 5.12. The van der Waals surface area contributed by atoms with Crippen molar-refractivity contribution in [2.75, 3.05) is 19.1 Å². The number of amides is 1. The summed E-state index contributed by atoms with van der Waals surface area (Å²) in [6, 6.07) is 9.27. The van der Waals surface area contributed by atoms with Crippen LogP contribution >= 0.6 is 11.6 Å². The van der Waals surface area contributed by atoms with E-state index in [-0.39, 0.29) is 0 Å². The van der Waals surface area contributed by atoms with E-state index in [1.807, 2.05) is 36.2 Å². The lowest BCUT2D eigenvalue weighted by Gasteiger charge is -2.19. The first kappa shape index (κ1) is 15.1. The summed E-state index contributed by atoms with van der Waals surface area (Å²) in [7, 11) is 3.51. The van der Waals surface area contributed by atoms with Crippen LogP contribution in [0.1, 0.15) is 15.9 Å². The summed E-state index contributed by atoms with van der Waals surface area (Å²) >= 11 is 6.15. The molecule has 6 heteroatoms. The highest BCUT2D eigenvalue weighted by Gasteiger charge is 2.11. The van der Waals surface area contributed by atoms with Gasteiger partial charge in [0.25, 0.3) is 0 Å². The zero-order valence-electron chi connectivity index (χ0n) is 11.8. The molecule has 1 heterocycles. The molecule has 0 aliphatic rings. The highest BCUT2D eigenvalue weighted by Crippen LogP contribution is 2.24. The number of pyridine rings is 1. The lowest BCUT2D eigenvalue weighted by atomic mass is 10.2. The molecule has 5 nitrogen and oxygen atoms in total. The van der Waals surface area contributed by atoms with Gasteiger partial charge in [-0.25, -0.2) is 4.98 Å². The maximum Gasteiger partial charge on any atom is 0.250 e. The number of ether oxygens (including phenoxy) is 1. The van der Waals surface area contributed by atoms with Crippen molar-refractivity contribution >= 4 is 23.3 Å². The Balaban J connectivity index is 2.15. The van der Waals surface area contributed by atoms with Gasteiger partial charge in [0, 0.05) is 19.8 Å². The third kappa shape index (κ3) is 3.64. The molecule has 0 spiro atoms. The lowest BCUT2D eigenvalue weighted by molar-refractivity contribution is 0.1000. The first-order chi connectivity index (χ1) is 10.0. The van der Waals surface area contributed by atoms with Crippen molar-refractivity contribution in [3.8, 4) is 5.75 Å².